The minimum atomic E-state index is -0.265. The Morgan fingerprint density at radius 3 is 2.19 bits per heavy atom. The van der Waals surface area contributed by atoms with Gasteiger partial charge in [-0.3, -0.25) is 0 Å². The zero-order chi connectivity index (χ0) is 17.7. The van der Waals surface area contributed by atoms with Gasteiger partial charge in [-0.1, -0.05) is 18.2 Å². The van der Waals surface area contributed by atoms with E-state index >= 15 is 0 Å². The van der Waals surface area contributed by atoms with Crippen molar-refractivity contribution in [3.8, 4) is 5.69 Å². The molecular weight excluding hydrogens is 330 g/mol. The summed E-state index contributed by atoms with van der Waals surface area (Å²) in [5.74, 6) is -0.506. The highest BCUT2D eigenvalue weighted by Gasteiger charge is 2.27. The molecule has 0 atom stereocenters. The van der Waals surface area contributed by atoms with E-state index in [0.29, 0.717) is 0 Å². The molecule has 4 heteroatoms. The summed E-state index contributed by atoms with van der Waals surface area (Å²) in [5.41, 5.74) is 5.24. The fourth-order valence-electron chi connectivity index (χ4n) is 3.86. The molecule has 26 heavy (non-hydrogen) atoms. The third kappa shape index (κ3) is 2.30. The molecule has 128 valence electrons. The van der Waals surface area contributed by atoms with Gasteiger partial charge in [0.2, 0.25) is 0 Å². The largest absolute Gasteiger partial charge is 0.361 e. The van der Waals surface area contributed by atoms with Gasteiger partial charge in [-0.2, -0.15) is 0 Å². The lowest BCUT2D eigenvalue weighted by molar-refractivity contribution is 0.627. The van der Waals surface area contributed by atoms with Crippen LogP contribution in [0.25, 0.3) is 16.6 Å². The Morgan fingerprint density at radius 2 is 1.42 bits per heavy atom. The second-order valence-electron chi connectivity index (χ2n) is 6.59. The number of hydrogen-bond donors (Lipinski definition) is 0. The van der Waals surface area contributed by atoms with E-state index in [4.69, 9.17) is 0 Å². The summed E-state index contributed by atoms with van der Waals surface area (Å²) in [7, 11) is 0. The minimum absolute atomic E-state index is 0.241. The number of nitrogens with zero attached hydrogens (tertiary/aromatic N) is 2. The van der Waals surface area contributed by atoms with Crippen LogP contribution in [0.1, 0.15) is 11.3 Å². The van der Waals surface area contributed by atoms with Gasteiger partial charge in [0.1, 0.15) is 11.6 Å². The Kier molecular flexibility index (Phi) is 3.32. The van der Waals surface area contributed by atoms with Crippen molar-refractivity contribution in [1.82, 2.24) is 4.57 Å². The van der Waals surface area contributed by atoms with Gasteiger partial charge in [0.25, 0.3) is 0 Å². The Bertz CT molecular complexity index is 1100. The van der Waals surface area contributed by atoms with Crippen LogP contribution in [-0.2, 0) is 13.1 Å². The van der Waals surface area contributed by atoms with Crippen LogP contribution in [-0.4, -0.2) is 4.57 Å². The summed E-state index contributed by atoms with van der Waals surface area (Å²) < 4.78 is 29.4. The van der Waals surface area contributed by atoms with Gasteiger partial charge in [-0.25, -0.2) is 8.78 Å². The third-order valence-electron chi connectivity index (χ3n) is 5.04. The molecule has 0 spiro atoms. The van der Waals surface area contributed by atoms with E-state index in [9.17, 15) is 8.78 Å². The number of hydrogen-bond acceptors (Lipinski definition) is 1. The van der Waals surface area contributed by atoms with Gasteiger partial charge in [0.05, 0.1) is 12.1 Å². The maximum absolute atomic E-state index is 13.9. The Balaban J connectivity index is 1.70. The number of anilines is 1. The van der Waals surface area contributed by atoms with E-state index in [1.54, 1.807) is 24.3 Å². The predicted octanol–water partition coefficient (Wildman–Crippen LogP) is 5.43. The van der Waals surface area contributed by atoms with Gasteiger partial charge in [0.15, 0.2) is 0 Å². The van der Waals surface area contributed by atoms with Gasteiger partial charge < -0.3 is 9.47 Å². The zero-order valence-electron chi connectivity index (χ0n) is 14.0. The third-order valence-corrected chi connectivity index (χ3v) is 5.04. The van der Waals surface area contributed by atoms with Gasteiger partial charge in [0, 0.05) is 34.6 Å². The van der Waals surface area contributed by atoms with Crippen molar-refractivity contribution in [2.45, 2.75) is 13.1 Å². The molecule has 0 N–H and O–H groups in total. The van der Waals surface area contributed by atoms with Gasteiger partial charge >= 0.3 is 0 Å². The van der Waals surface area contributed by atoms with E-state index in [2.05, 4.69) is 21.6 Å². The number of rotatable bonds is 2. The molecule has 1 aromatic heterocycles. The standard InChI is InChI=1S/C22H16F2N2/c23-15-6-9-18(10-7-15)26-21-11-8-16(24)12-19(21)20-13-25(14-22(20)26)17-4-2-1-3-5-17/h1-12H,13-14H2. The molecule has 2 heterocycles. The van der Waals surface area contributed by atoms with E-state index in [-0.39, 0.29) is 11.6 Å². The van der Waals surface area contributed by atoms with Crippen LogP contribution in [0, 0.1) is 11.6 Å². The highest BCUT2D eigenvalue weighted by atomic mass is 19.1. The van der Waals surface area contributed by atoms with E-state index in [0.717, 1.165) is 46.6 Å². The van der Waals surface area contributed by atoms with Gasteiger partial charge in [-0.15, -0.1) is 0 Å². The molecular formula is C22H16F2N2. The molecule has 4 aromatic rings. The highest BCUT2D eigenvalue weighted by molar-refractivity contribution is 5.88. The van der Waals surface area contributed by atoms with Crippen molar-refractivity contribution >= 4 is 16.6 Å². The molecule has 2 nitrogen and oxygen atoms in total. The molecule has 0 amide bonds. The molecule has 0 bridgehead atoms. The lowest BCUT2D eigenvalue weighted by atomic mass is 10.1. The molecule has 1 aliphatic heterocycles. The number of aromatic nitrogens is 1. The number of fused-ring (bicyclic) bond motifs is 3. The van der Waals surface area contributed by atoms with Crippen LogP contribution in [0.2, 0.25) is 0 Å². The SMILES string of the molecule is Fc1ccc(-n2c3c(c4cc(F)ccc42)CN(c2ccccc2)C3)cc1. The first-order valence-electron chi connectivity index (χ1n) is 8.58. The normalized spacial score (nSPS) is 13.4. The second-order valence-corrected chi connectivity index (χ2v) is 6.59. The van der Waals surface area contributed by atoms with Crippen LogP contribution < -0.4 is 4.90 Å². The van der Waals surface area contributed by atoms with Crippen molar-refractivity contribution in [3.63, 3.8) is 0 Å². The molecule has 0 saturated heterocycles. The Labute approximate surface area is 149 Å². The lowest BCUT2D eigenvalue weighted by Crippen LogP contribution is -2.16. The molecule has 1 aliphatic rings. The van der Waals surface area contributed by atoms with Crippen molar-refractivity contribution in [3.05, 3.63) is 95.7 Å². The summed E-state index contributed by atoms with van der Waals surface area (Å²) in [6.07, 6.45) is 0. The first kappa shape index (κ1) is 15.1. The maximum atomic E-state index is 13.9. The summed E-state index contributed by atoms with van der Waals surface area (Å²) in [4.78, 5) is 2.27. The topological polar surface area (TPSA) is 8.17 Å². The number of benzene rings is 3. The van der Waals surface area contributed by atoms with Crippen LogP contribution in [0.4, 0.5) is 14.5 Å². The van der Waals surface area contributed by atoms with Gasteiger partial charge in [-0.05, 0) is 54.6 Å². The molecule has 0 aliphatic carbocycles. The summed E-state index contributed by atoms with van der Waals surface area (Å²) >= 11 is 0. The summed E-state index contributed by atoms with van der Waals surface area (Å²) in [5, 5.41) is 0.919. The van der Waals surface area contributed by atoms with Crippen molar-refractivity contribution < 1.29 is 8.78 Å². The van der Waals surface area contributed by atoms with E-state index in [1.807, 2.05) is 18.2 Å². The van der Waals surface area contributed by atoms with Crippen LogP contribution >= 0.6 is 0 Å². The smallest absolute Gasteiger partial charge is 0.123 e. The van der Waals surface area contributed by atoms with Crippen LogP contribution in [0.3, 0.4) is 0 Å². The zero-order valence-corrected chi connectivity index (χ0v) is 14.0. The highest BCUT2D eigenvalue weighted by Crippen LogP contribution is 2.37. The average molecular weight is 346 g/mol. The molecule has 5 rings (SSSR count). The molecule has 0 unspecified atom stereocenters. The van der Waals surface area contributed by atoms with E-state index in [1.165, 1.54) is 18.2 Å². The lowest BCUT2D eigenvalue weighted by Gasteiger charge is -2.19. The summed E-state index contributed by atoms with van der Waals surface area (Å²) in [6.45, 7) is 1.46. The second kappa shape index (κ2) is 5.70. The first-order chi connectivity index (χ1) is 12.7. The maximum Gasteiger partial charge on any atom is 0.123 e. The van der Waals surface area contributed by atoms with Crippen molar-refractivity contribution in [2.75, 3.05) is 4.90 Å². The van der Waals surface area contributed by atoms with Crippen molar-refractivity contribution in [1.29, 1.82) is 0 Å². The fraction of sp³-hybridized carbons (Fsp3) is 0.0909. The van der Waals surface area contributed by atoms with Crippen LogP contribution in [0.15, 0.2) is 72.8 Å². The predicted molar refractivity (Wildman–Crippen MR) is 99.5 cm³/mol. The monoisotopic (exact) mass is 346 g/mol. The quantitative estimate of drug-likeness (QED) is 0.470. The minimum Gasteiger partial charge on any atom is -0.361 e. The molecule has 0 saturated carbocycles. The average Bonchev–Trinajstić information content (AvgIpc) is 3.21. The Morgan fingerprint density at radius 1 is 0.692 bits per heavy atom. The van der Waals surface area contributed by atoms with Crippen LogP contribution in [0.5, 0.6) is 0 Å². The molecule has 0 fully saturated rings. The van der Waals surface area contributed by atoms with E-state index < -0.39 is 0 Å². The number of halogens is 2. The first-order valence-corrected chi connectivity index (χ1v) is 8.58. The van der Waals surface area contributed by atoms with Crippen molar-refractivity contribution in [2.24, 2.45) is 0 Å². The Hall–Kier alpha value is -3.14. The summed E-state index contributed by atoms with van der Waals surface area (Å²) in [6, 6.07) is 21.5. The molecule has 3 aromatic carbocycles. The number of para-hydroxylation sites is 1. The fourth-order valence-corrected chi connectivity index (χ4v) is 3.86. The molecule has 0 radical (unpaired) electrons.